The van der Waals surface area contributed by atoms with Crippen LogP contribution < -0.4 is 10.2 Å². The van der Waals surface area contributed by atoms with Crippen molar-refractivity contribution in [3.8, 4) is 11.1 Å². The highest BCUT2D eigenvalue weighted by molar-refractivity contribution is 5.98. The number of urea groups is 1. The zero-order valence-electron chi connectivity index (χ0n) is 15.5. The first-order valence-corrected chi connectivity index (χ1v) is 9.13. The van der Waals surface area contributed by atoms with E-state index in [0.29, 0.717) is 13.1 Å². The van der Waals surface area contributed by atoms with E-state index in [9.17, 15) is 9.59 Å². The standard InChI is InChI=1S/C21H21N5O2/c1-22-20(27)19(16-5-3-2-4-6-16)26-12-11-25(21(26)28)18-9-7-15(8-10-18)17-13-23-24-14-17/h2-10,13-14,19H,11-12H2,1H3,(H,22,27)(H,23,24). The molecule has 1 atom stereocenters. The lowest BCUT2D eigenvalue weighted by Crippen LogP contribution is -2.42. The maximum atomic E-state index is 13.1. The van der Waals surface area contributed by atoms with Gasteiger partial charge in [0.1, 0.15) is 6.04 Å². The molecule has 1 fully saturated rings. The van der Waals surface area contributed by atoms with Crippen molar-refractivity contribution >= 4 is 17.6 Å². The van der Waals surface area contributed by atoms with Crippen LogP contribution in [0.1, 0.15) is 11.6 Å². The molecule has 3 aromatic rings. The lowest BCUT2D eigenvalue weighted by atomic mass is 10.1. The summed E-state index contributed by atoms with van der Waals surface area (Å²) in [5.41, 5.74) is 3.62. The summed E-state index contributed by atoms with van der Waals surface area (Å²) in [4.78, 5) is 29.0. The zero-order valence-corrected chi connectivity index (χ0v) is 15.5. The molecule has 3 amide bonds. The summed E-state index contributed by atoms with van der Waals surface area (Å²) >= 11 is 0. The maximum Gasteiger partial charge on any atom is 0.325 e. The van der Waals surface area contributed by atoms with Crippen LogP contribution in [-0.2, 0) is 4.79 Å². The molecule has 0 radical (unpaired) electrons. The fourth-order valence-electron chi connectivity index (χ4n) is 3.52. The molecule has 1 unspecified atom stereocenters. The average Bonchev–Trinajstić information content (AvgIpc) is 3.40. The Morgan fingerprint density at radius 2 is 1.82 bits per heavy atom. The summed E-state index contributed by atoms with van der Waals surface area (Å²) in [6, 6.07) is 16.3. The number of likely N-dealkylation sites (N-methyl/N-ethyl adjacent to an activating group) is 1. The van der Waals surface area contributed by atoms with E-state index in [4.69, 9.17) is 0 Å². The van der Waals surface area contributed by atoms with Gasteiger partial charge in [-0.25, -0.2) is 4.79 Å². The number of nitrogens with one attached hydrogen (secondary N) is 2. The number of carbonyl (C=O) groups excluding carboxylic acids is 2. The summed E-state index contributed by atoms with van der Waals surface area (Å²) in [5.74, 6) is -0.197. The number of anilines is 1. The molecule has 142 valence electrons. The summed E-state index contributed by atoms with van der Waals surface area (Å²) < 4.78 is 0. The third kappa shape index (κ3) is 3.22. The second-order valence-corrected chi connectivity index (χ2v) is 6.59. The first-order chi connectivity index (χ1) is 13.7. The number of H-pyrrole nitrogens is 1. The van der Waals surface area contributed by atoms with Gasteiger partial charge in [-0.15, -0.1) is 0 Å². The second-order valence-electron chi connectivity index (χ2n) is 6.59. The molecule has 2 heterocycles. The van der Waals surface area contributed by atoms with E-state index < -0.39 is 6.04 Å². The molecule has 1 aliphatic heterocycles. The number of aromatic nitrogens is 2. The highest BCUT2D eigenvalue weighted by Gasteiger charge is 2.38. The van der Waals surface area contributed by atoms with Crippen LogP contribution in [0, 0.1) is 0 Å². The number of nitrogens with zero attached hydrogens (tertiary/aromatic N) is 3. The average molecular weight is 375 g/mol. The number of hydrogen-bond acceptors (Lipinski definition) is 3. The van der Waals surface area contributed by atoms with Crippen LogP contribution >= 0.6 is 0 Å². The molecule has 0 aliphatic carbocycles. The van der Waals surface area contributed by atoms with E-state index in [1.54, 1.807) is 23.0 Å². The molecule has 1 aromatic heterocycles. The maximum absolute atomic E-state index is 13.1. The van der Waals surface area contributed by atoms with E-state index in [1.165, 1.54) is 0 Å². The molecule has 7 heteroatoms. The van der Waals surface area contributed by atoms with Gasteiger partial charge in [0.25, 0.3) is 0 Å². The molecule has 2 N–H and O–H groups in total. The van der Waals surface area contributed by atoms with E-state index in [2.05, 4.69) is 15.5 Å². The van der Waals surface area contributed by atoms with E-state index in [0.717, 1.165) is 22.4 Å². The van der Waals surface area contributed by atoms with Crippen molar-refractivity contribution in [2.75, 3.05) is 25.0 Å². The van der Waals surface area contributed by atoms with Crippen LogP contribution in [0.3, 0.4) is 0 Å². The van der Waals surface area contributed by atoms with Crippen molar-refractivity contribution in [2.24, 2.45) is 0 Å². The minimum Gasteiger partial charge on any atom is -0.357 e. The van der Waals surface area contributed by atoms with Gasteiger partial charge in [-0.05, 0) is 23.3 Å². The highest BCUT2D eigenvalue weighted by Crippen LogP contribution is 2.30. The van der Waals surface area contributed by atoms with Crippen molar-refractivity contribution in [3.05, 3.63) is 72.6 Å². The third-order valence-electron chi connectivity index (χ3n) is 4.97. The van der Waals surface area contributed by atoms with Crippen molar-refractivity contribution < 1.29 is 9.59 Å². The Kier molecular flexibility index (Phi) is 4.80. The Bertz CT molecular complexity index is 954. The molecule has 7 nitrogen and oxygen atoms in total. The number of rotatable bonds is 5. The van der Waals surface area contributed by atoms with E-state index >= 15 is 0 Å². The lowest BCUT2D eigenvalue weighted by molar-refractivity contribution is -0.125. The van der Waals surface area contributed by atoms with Crippen LogP contribution in [0.5, 0.6) is 0 Å². The molecule has 0 spiro atoms. The number of amides is 3. The minimum absolute atomic E-state index is 0.173. The van der Waals surface area contributed by atoms with Gasteiger partial charge in [0.2, 0.25) is 5.91 Å². The molecule has 0 saturated carbocycles. The molecule has 1 aliphatic rings. The predicted octanol–water partition coefficient (Wildman–Crippen LogP) is 2.81. The van der Waals surface area contributed by atoms with Gasteiger partial charge < -0.3 is 10.2 Å². The smallest absolute Gasteiger partial charge is 0.325 e. The molecule has 4 rings (SSSR count). The number of aromatic amines is 1. The first kappa shape index (κ1) is 17.8. The van der Waals surface area contributed by atoms with Crippen LogP contribution in [-0.4, -0.2) is 47.2 Å². The lowest BCUT2D eigenvalue weighted by Gasteiger charge is -2.27. The summed E-state index contributed by atoms with van der Waals surface area (Å²) in [6.45, 7) is 1.01. The van der Waals surface area contributed by atoms with Gasteiger partial charge in [-0.3, -0.25) is 14.8 Å². The summed E-state index contributed by atoms with van der Waals surface area (Å²) in [6.07, 6.45) is 3.58. The molecule has 28 heavy (non-hydrogen) atoms. The van der Waals surface area contributed by atoms with Gasteiger partial charge in [0.15, 0.2) is 0 Å². The van der Waals surface area contributed by atoms with E-state index in [-0.39, 0.29) is 11.9 Å². The molecule has 0 bridgehead atoms. The Hall–Kier alpha value is -3.61. The topological polar surface area (TPSA) is 81.3 Å². The quantitative estimate of drug-likeness (QED) is 0.719. The molecule has 2 aromatic carbocycles. The monoisotopic (exact) mass is 375 g/mol. The fourth-order valence-corrected chi connectivity index (χ4v) is 3.52. The molecular weight excluding hydrogens is 354 g/mol. The Morgan fingerprint density at radius 1 is 1.07 bits per heavy atom. The first-order valence-electron chi connectivity index (χ1n) is 9.13. The Labute approximate surface area is 163 Å². The number of benzene rings is 2. The number of hydrogen-bond donors (Lipinski definition) is 2. The predicted molar refractivity (Wildman–Crippen MR) is 107 cm³/mol. The fraction of sp³-hybridized carbons (Fsp3) is 0.190. The zero-order chi connectivity index (χ0) is 19.5. The number of carbonyl (C=O) groups is 2. The normalized spacial score (nSPS) is 15.0. The summed E-state index contributed by atoms with van der Waals surface area (Å²) in [7, 11) is 1.59. The van der Waals surface area contributed by atoms with Crippen molar-refractivity contribution in [3.63, 3.8) is 0 Å². The van der Waals surface area contributed by atoms with Gasteiger partial charge in [-0.2, -0.15) is 5.10 Å². The van der Waals surface area contributed by atoms with Crippen molar-refractivity contribution in [1.29, 1.82) is 0 Å². The SMILES string of the molecule is CNC(=O)C(c1ccccc1)N1CCN(c2ccc(-c3cn[nH]c3)cc2)C1=O. The summed E-state index contributed by atoms with van der Waals surface area (Å²) in [5, 5.41) is 9.43. The van der Waals surface area contributed by atoms with Crippen LogP contribution in [0.15, 0.2) is 67.0 Å². The third-order valence-corrected chi connectivity index (χ3v) is 4.97. The largest absolute Gasteiger partial charge is 0.357 e. The molecule has 1 saturated heterocycles. The highest BCUT2D eigenvalue weighted by atomic mass is 16.2. The Balaban J connectivity index is 1.57. The van der Waals surface area contributed by atoms with Gasteiger partial charge >= 0.3 is 6.03 Å². The van der Waals surface area contributed by atoms with Crippen LogP contribution in [0.25, 0.3) is 11.1 Å². The minimum atomic E-state index is -0.645. The van der Waals surface area contributed by atoms with Crippen molar-refractivity contribution in [1.82, 2.24) is 20.4 Å². The van der Waals surface area contributed by atoms with Crippen LogP contribution in [0.2, 0.25) is 0 Å². The van der Waals surface area contributed by atoms with E-state index in [1.807, 2.05) is 60.8 Å². The van der Waals surface area contributed by atoms with Crippen molar-refractivity contribution in [2.45, 2.75) is 6.04 Å². The van der Waals surface area contributed by atoms with Gasteiger partial charge in [0, 0.05) is 37.6 Å². The molecular formula is C21H21N5O2. The second kappa shape index (κ2) is 7.56. The van der Waals surface area contributed by atoms with Gasteiger partial charge in [0.05, 0.1) is 6.20 Å². The Morgan fingerprint density at radius 3 is 2.46 bits per heavy atom. The van der Waals surface area contributed by atoms with Crippen LogP contribution in [0.4, 0.5) is 10.5 Å². The van der Waals surface area contributed by atoms with Gasteiger partial charge in [-0.1, -0.05) is 42.5 Å².